The van der Waals surface area contributed by atoms with Crippen LogP contribution in [0.2, 0.25) is 0 Å². The van der Waals surface area contributed by atoms with Crippen LogP contribution >= 0.6 is 34.4 Å². The second-order valence-corrected chi connectivity index (χ2v) is 9.42. The Bertz CT molecular complexity index is 1070. The highest BCUT2D eigenvalue weighted by molar-refractivity contribution is 8.01. The van der Waals surface area contributed by atoms with Crippen molar-refractivity contribution in [2.45, 2.75) is 11.3 Å². The second kappa shape index (κ2) is 8.77. The molecule has 2 aromatic heterocycles. The predicted molar refractivity (Wildman–Crippen MR) is 119 cm³/mol. The SMILES string of the molecule is Cc1ccc(OCCSc2nc3ccc(NC(=O)c4cccs4)cc3s2)cc1. The maximum absolute atomic E-state index is 12.2. The monoisotopic (exact) mass is 426 g/mol. The quantitative estimate of drug-likeness (QED) is 0.287. The lowest BCUT2D eigenvalue weighted by atomic mass is 10.2. The molecule has 4 nitrogen and oxygen atoms in total. The Morgan fingerprint density at radius 3 is 2.82 bits per heavy atom. The summed E-state index contributed by atoms with van der Waals surface area (Å²) in [5, 5.41) is 4.84. The van der Waals surface area contributed by atoms with Gasteiger partial charge in [-0.05, 0) is 48.7 Å². The molecule has 0 aliphatic heterocycles. The molecule has 4 rings (SSSR count). The normalized spacial score (nSPS) is 10.9. The molecule has 4 aromatic rings. The molecule has 28 heavy (non-hydrogen) atoms. The number of thioether (sulfide) groups is 1. The molecule has 2 aromatic carbocycles. The van der Waals surface area contributed by atoms with Crippen molar-refractivity contribution in [1.29, 1.82) is 0 Å². The highest BCUT2D eigenvalue weighted by Gasteiger charge is 2.09. The summed E-state index contributed by atoms with van der Waals surface area (Å²) in [7, 11) is 0. The number of carbonyl (C=O) groups excluding carboxylic acids is 1. The Kier molecular flexibility index (Phi) is 5.95. The summed E-state index contributed by atoms with van der Waals surface area (Å²) in [5.74, 6) is 1.64. The number of hydrogen-bond donors (Lipinski definition) is 1. The van der Waals surface area contributed by atoms with Crippen LogP contribution in [0.4, 0.5) is 5.69 Å². The van der Waals surface area contributed by atoms with E-state index < -0.39 is 0 Å². The molecule has 0 spiro atoms. The number of amides is 1. The summed E-state index contributed by atoms with van der Waals surface area (Å²) in [6.07, 6.45) is 0. The third kappa shape index (κ3) is 4.73. The fraction of sp³-hybridized carbons (Fsp3) is 0.143. The fourth-order valence-electron chi connectivity index (χ4n) is 2.57. The molecular weight excluding hydrogens is 408 g/mol. The zero-order valence-electron chi connectivity index (χ0n) is 15.2. The molecule has 0 aliphatic carbocycles. The molecule has 7 heteroatoms. The number of aryl methyl sites for hydroxylation is 1. The van der Waals surface area contributed by atoms with Gasteiger partial charge in [0, 0.05) is 11.4 Å². The van der Waals surface area contributed by atoms with Crippen LogP contribution in [0.3, 0.4) is 0 Å². The number of hydrogen-bond acceptors (Lipinski definition) is 6. The van der Waals surface area contributed by atoms with Crippen LogP contribution in [0.15, 0.2) is 64.3 Å². The Balaban J connectivity index is 1.33. The van der Waals surface area contributed by atoms with Gasteiger partial charge in [-0.1, -0.05) is 35.5 Å². The van der Waals surface area contributed by atoms with E-state index >= 15 is 0 Å². The zero-order chi connectivity index (χ0) is 19.3. The molecule has 0 saturated carbocycles. The lowest BCUT2D eigenvalue weighted by molar-refractivity contribution is 0.103. The average Bonchev–Trinajstić information content (AvgIpc) is 3.36. The van der Waals surface area contributed by atoms with Gasteiger partial charge in [-0.3, -0.25) is 4.79 Å². The summed E-state index contributed by atoms with van der Waals surface area (Å²) in [4.78, 5) is 17.6. The van der Waals surface area contributed by atoms with Gasteiger partial charge >= 0.3 is 0 Å². The number of nitrogens with one attached hydrogen (secondary N) is 1. The van der Waals surface area contributed by atoms with Crippen LogP contribution in [0.5, 0.6) is 5.75 Å². The van der Waals surface area contributed by atoms with E-state index in [0.29, 0.717) is 11.5 Å². The maximum atomic E-state index is 12.2. The number of benzene rings is 2. The highest BCUT2D eigenvalue weighted by Crippen LogP contribution is 2.31. The maximum Gasteiger partial charge on any atom is 0.265 e. The van der Waals surface area contributed by atoms with Crippen molar-refractivity contribution < 1.29 is 9.53 Å². The first-order valence-corrected chi connectivity index (χ1v) is 11.4. The van der Waals surface area contributed by atoms with E-state index in [9.17, 15) is 4.79 Å². The molecule has 0 fully saturated rings. The van der Waals surface area contributed by atoms with Crippen LogP contribution in [-0.2, 0) is 0 Å². The van der Waals surface area contributed by atoms with Gasteiger partial charge in [-0.25, -0.2) is 4.98 Å². The average molecular weight is 427 g/mol. The molecule has 0 unspecified atom stereocenters. The van der Waals surface area contributed by atoms with Gasteiger partial charge in [0.05, 0.1) is 21.7 Å². The van der Waals surface area contributed by atoms with Gasteiger partial charge in [-0.2, -0.15) is 0 Å². The van der Waals surface area contributed by atoms with Crippen LogP contribution in [-0.4, -0.2) is 23.3 Å². The van der Waals surface area contributed by atoms with E-state index in [2.05, 4.69) is 17.2 Å². The summed E-state index contributed by atoms with van der Waals surface area (Å²) in [6, 6.07) is 17.6. The summed E-state index contributed by atoms with van der Waals surface area (Å²) in [6.45, 7) is 2.69. The molecule has 0 radical (unpaired) electrons. The van der Waals surface area contributed by atoms with E-state index in [4.69, 9.17) is 4.74 Å². The number of thiophene rings is 1. The van der Waals surface area contributed by atoms with Crippen molar-refractivity contribution in [2.75, 3.05) is 17.7 Å². The van der Waals surface area contributed by atoms with Crippen molar-refractivity contribution in [2.24, 2.45) is 0 Å². The molecular formula is C21H18N2O2S3. The van der Waals surface area contributed by atoms with Crippen molar-refractivity contribution in [3.8, 4) is 5.75 Å². The largest absolute Gasteiger partial charge is 0.493 e. The molecule has 0 saturated heterocycles. The Hall–Kier alpha value is -2.35. The molecule has 0 aliphatic rings. The van der Waals surface area contributed by atoms with E-state index in [1.807, 2.05) is 60.0 Å². The molecule has 1 amide bonds. The molecule has 1 N–H and O–H groups in total. The molecule has 0 atom stereocenters. The number of carbonyl (C=O) groups is 1. The van der Waals surface area contributed by atoms with E-state index in [0.717, 1.165) is 31.7 Å². The topological polar surface area (TPSA) is 51.2 Å². The minimum Gasteiger partial charge on any atom is -0.493 e. The van der Waals surface area contributed by atoms with Gasteiger partial charge in [0.1, 0.15) is 5.75 Å². The minimum absolute atomic E-state index is 0.0817. The third-order valence-electron chi connectivity index (χ3n) is 3.97. The van der Waals surface area contributed by atoms with Gasteiger partial charge in [0.25, 0.3) is 5.91 Å². The first-order chi connectivity index (χ1) is 13.7. The number of rotatable bonds is 7. The van der Waals surface area contributed by atoms with Crippen LogP contribution in [0, 0.1) is 6.92 Å². The Morgan fingerprint density at radius 2 is 2.04 bits per heavy atom. The third-order valence-corrected chi connectivity index (χ3v) is 6.96. The highest BCUT2D eigenvalue weighted by atomic mass is 32.2. The number of nitrogens with zero attached hydrogens (tertiary/aromatic N) is 1. The molecule has 2 heterocycles. The Labute approximate surface area is 175 Å². The number of anilines is 1. The zero-order valence-corrected chi connectivity index (χ0v) is 17.6. The lowest BCUT2D eigenvalue weighted by Gasteiger charge is -2.05. The van der Waals surface area contributed by atoms with Crippen molar-refractivity contribution >= 4 is 56.2 Å². The molecule has 142 valence electrons. The number of ether oxygens (including phenoxy) is 1. The fourth-order valence-corrected chi connectivity index (χ4v) is 5.18. The lowest BCUT2D eigenvalue weighted by Crippen LogP contribution is -2.09. The number of thiazole rings is 1. The molecule has 0 bridgehead atoms. The summed E-state index contributed by atoms with van der Waals surface area (Å²) < 4.78 is 7.83. The van der Waals surface area contributed by atoms with E-state index in [-0.39, 0.29) is 5.91 Å². The summed E-state index contributed by atoms with van der Waals surface area (Å²) >= 11 is 4.75. The van der Waals surface area contributed by atoms with E-state index in [1.54, 1.807) is 23.1 Å². The Morgan fingerprint density at radius 1 is 1.18 bits per heavy atom. The van der Waals surface area contributed by atoms with Crippen molar-refractivity contribution in [3.63, 3.8) is 0 Å². The standard InChI is InChI=1S/C21H18N2O2S3/c1-14-4-7-16(8-5-14)25-10-12-27-21-23-17-9-6-15(13-19(17)28-21)22-20(24)18-3-2-11-26-18/h2-9,11,13H,10,12H2,1H3,(H,22,24). The van der Waals surface area contributed by atoms with Crippen LogP contribution in [0.1, 0.15) is 15.2 Å². The van der Waals surface area contributed by atoms with Crippen LogP contribution in [0.25, 0.3) is 10.2 Å². The van der Waals surface area contributed by atoms with Gasteiger partial charge < -0.3 is 10.1 Å². The summed E-state index contributed by atoms with van der Waals surface area (Å²) in [5.41, 5.74) is 2.96. The first kappa shape index (κ1) is 19.0. The minimum atomic E-state index is -0.0817. The van der Waals surface area contributed by atoms with Gasteiger partial charge in [0.15, 0.2) is 4.34 Å². The number of fused-ring (bicyclic) bond motifs is 1. The number of aromatic nitrogens is 1. The second-order valence-electron chi connectivity index (χ2n) is 6.10. The van der Waals surface area contributed by atoms with E-state index in [1.165, 1.54) is 16.9 Å². The smallest absolute Gasteiger partial charge is 0.265 e. The first-order valence-electron chi connectivity index (χ1n) is 8.75. The van der Waals surface area contributed by atoms with Gasteiger partial charge in [0.2, 0.25) is 0 Å². The van der Waals surface area contributed by atoms with Crippen molar-refractivity contribution in [1.82, 2.24) is 4.98 Å². The predicted octanol–water partition coefficient (Wildman–Crippen LogP) is 6.09. The van der Waals surface area contributed by atoms with Crippen LogP contribution < -0.4 is 10.1 Å². The van der Waals surface area contributed by atoms with Gasteiger partial charge in [-0.15, -0.1) is 22.7 Å². The van der Waals surface area contributed by atoms with Crippen molar-refractivity contribution in [3.05, 3.63) is 70.4 Å².